The van der Waals surface area contributed by atoms with Gasteiger partial charge in [0.25, 0.3) is 11.1 Å². The predicted molar refractivity (Wildman–Crippen MR) is 149 cm³/mol. The molecule has 184 valence electrons. The SMILES string of the molecule is COc1cc(/C=C2/SC(=O)N(CC(=O)Nc3cccc(C)c3)C2=O)cc(I)c1OCc1ccccc1. The fourth-order valence-electron chi connectivity index (χ4n) is 3.55. The number of anilines is 1. The van der Waals surface area contributed by atoms with Gasteiger partial charge in [0, 0.05) is 5.69 Å². The highest BCUT2D eigenvalue weighted by atomic mass is 127. The topological polar surface area (TPSA) is 84.9 Å². The number of benzene rings is 3. The Hall–Kier alpha value is -3.31. The van der Waals surface area contributed by atoms with E-state index < -0.39 is 17.1 Å². The molecule has 1 heterocycles. The molecule has 9 heteroatoms. The summed E-state index contributed by atoms with van der Waals surface area (Å²) in [7, 11) is 1.55. The number of hydrogen-bond acceptors (Lipinski definition) is 6. The molecule has 0 aromatic heterocycles. The molecular weight excluding hydrogens is 591 g/mol. The van der Waals surface area contributed by atoms with Gasteiger partial charge in [-0.05, 0) is 88.3 Å². The standard InChI is InChI=1S/C27H23IN2O5S/c1-17-7-6-10-20(11-17)29-24(31)15-30-26(32)23(36-27(30)33)14-19-12-21(28)25(22(13-19)34-2)35-16-18-8-4-3-5-9-18/h3-14H,15-16H2,1-2H3,(H,29,31)/b23-14+. The van der Waals surface area contributed by atoms with Crippen LogP contribution in [0.4, 0.5) is 10.5 Å². The normalized spacial score (nSPS) is 14.3. The van der Waals surface area contributed by atoms with Crippen LogP contribution >= 0.6 is 34.4 Å². The Morgan fingerprint density at radius 3 is 2.58 bits per heavy atom. The van der Waals surface area contributed by atoms with Gasteiger partial charge in [0.15, 0.2) is 11.5 Å². The van der Waals surface area contributed by atoms with Crippen LogP contribution in [0.5, 0.6) is 11.5 Å². The smallest absolute Gasteiger partial charge is 0.294 e. The largest absolute Gasteiger partial charge is 0.493 e. The maximum atomic E-state index is 12.9. The summed E-state index contributed by atoms with van der Waals surface area (Å²) in [5.41, 5.74) is 3.31. The van der Waals surface area contributed by atoms with Gasteiger partial charge in [-0.3, -0.25) is 19.3 Å². The lowest BCUT2D eigenvalue weighted by atomic mass is 10.1. The molecule has 0 saturated carbocycles. The zero-order chi connectivity index (χ0) is 25.7. The van der Waals surface area contributed by atoms with E-state index >= 15 is 0 Å². The number of ether oxygens (including phenoxy) is 2. The number of aryl methyl sites for hydroxylation is 1. The number of nitrogens with zero attached hydrogens (tertiary/aromatic N) is 1. The highest BCUT2D eigenvalue weighted by molar-refractivity contribution is 14.1. The summed E-state index contributed by atoms with van der Waals surface area (Å²) in [5, 5.41) is 2.23. The maximum absolute atomic E-state index is 12.9. The van der Waals surface area contributed by atoms with Crippen LogP contribution in [-0.4, -0.2) is 35.6 Å². The Morgan fingerprint density at radius 1 is 1.08 bits per heavy atom. The van der Waals surface area contributed by atoms with Crippen LogP contribution < -0.4 is 14.8 Å². The molecule has 1 aliphatic rings. The molecule has 1 fully saturated rings. The van der Waals surface area contributed by atoms with E-state index in [0.29, 0.717) is 29.4 Å². The van der Waals surface area contributed by atoms with E-state index in [2.05, 4.69) is 27.9 Å². The average molecular weight is 614 g/mol. The molecule has 7 nitrogen and oxygen atoms in total. The molecule has 0 spiro atoms. The number of carbonyl (C=O) groups is 3. The van der Waals surface area contributed by atoms with E-state index in [1.54, 1.807) is 25.3 Å². The summed E-state index contributed by atoms with van der Waals surface area (Å²) in [6.07, 6.45) is 1.62. The lowest BCUT2D eigenvalue weighted by molar-refractivity contribution is -0.127. The van der Waals surface area contributed by atoms with Crippen molar-refractivity contribution in [1.29, 1.82) is 0 Å². The third kappa shape index (κ3) is 6.27. The highest BCUT2D eigenvalue weighted by Gasteiger charge is 2.36. The van der Waals surface area contributed by atoms with Crippen LogP contribution in [0.1, 0.15) is 16.7 Å². The van der Waals surface area contributed by atoms with E-state index in [4.69, 9.17) is 9.47 Å². The number of hydrogen-bond donors (Lipinski definition) is 1. The molecule has 0 bridgehead atoms. The van der Waals surface area contributed by atoms with Crippen molar-refractivity contribution in [2.45, 2.75) is 13.5 Å². The molecule has 3 aromatic rings. The van der Waals surface area contributed by atoms with E-state index in [0.717, 1.165) is 31.4 Å². The lowest BCUT2D eigenvalue weighted by Gasteiger charge is -2.14. The van der Waals surface area contributed by atoms with Gasteiger partial charge in [-0.1, -0.05) is 42.5 Å². The van der Waals surface area contributed by atoms with E-state index in [1.165, 1.54) is 0 Å². The third-order valence-electron chi connectivity index (χ3n) is 5.25. The number of thioether (sulfide) groups is 1. The zero-order valence-corrected chi connectivity index (χ0v) is 22.6. The second kappa shape index (κ2) is 11.6. The fraction of sp³-hybridized carbons (Fsp3) is 0.148. The first kappa shape index (κ1) is 25.8. The molecule has 0 atom stereocenters. The summed E-state index contributed by atoms with van der Waals surface area (Å²) in [6, 6.07) is 20.7. The van der Waals surface area contributed by atoms with Crippen LogP contribution in [0.3, 0.4) is 0 Å². The predicted octanol–water partition coefficient (Wildman–Crippen LogP) is 5.86. The van der Waals surface area contributed by atoms with Crippen molar-refractivity contribution in [2.75, 3.05) is 19.0 Å². The van der Waals surface area contributed by atoms with E-state index in [1.807, 2.05) is 61.5 Å². The number of nitrogens with one attached hydrogen (secondary N) is 1. The number of rotatable bonds is 8. The summed E-state index contributed by atoms with van der Waals surface area (Å²) in [6.45, 7) is 1.94. The molecule has 3 amide bonds. The van der Waals surface area contributed by atoms with Crippen LogP contribution in [0.2, 0.25) is 0 Å². The first-order chi connectivity index (χ1) is 17.3. The number of amides is 3. The van der Waals surface area contributed by atoms with Gasteiger partial charge in [-0.15, -0.1) is 0 Å². The van der Waals surface area contributed by atoms with Gasteiger partial charge in [-0.2, -0.15) is 0 Å². The minimum atomic E-state index is -0.511. The van der Waals surface area contributed by atoms with Crippen molar-refractivity contribution in [3.05, 3.63) is 91.9 Å². The lowest BCUT2D eigenvalue weighted by Crippen LogP contribution is -2.36. The minimum absolute atomic E-state index is 0.235. The van der Waals surface area contributed by atoms with Crippen LogP contribution in [-0.2, 0) is 16.2 Å². The van der Waals surface area contributed by atoms with Crippen LogP contribution in [0.25, 0.3) is 6.08 Å². The summed E-state index contributed by atoms with van der Waals surface area (Å²) >= 11 is 2.95. The van der Waals surface area contributed by atoms with Gasteiger partial charge in [0.1, 0.15) is 13.2 Å². The van der Waals surface area contributed by atoms with Crippen molar-refractivity contribution in [3.63, 3.8) is 0 Å². The average Bonchev–Trinajstić information content (AvgIpc) is 3.11. The molecule has 1 saturated heterocycles. The second-order valence-corrected chi connectivity index (χ2v) is 10.1. The molecule has 36 heavy (non-hydrogen) atoms. The second-order valence-electron chi connectivity index (χ2n) is 7.99. The van der Waals surface area contributed by atoms with Gasteiger partial charge in [-0.25, -0.2) is 0 Å². The zero-order valence-electron chi connectivity index (χ0n) is 19.6. The first-order valence-corrected chi connectivity index (χ1v) is 12.9. The summed E-state index contributed by atoms with van der Waals surface area (Å²) in [5.74, 6) is 0.156. The Labute approximate surface area is 227 Å². The highest BCUT2D eigenvalue weighted by Crippen LogP contribution is 2.37. The van der Waals surface area contributed by atoms with Gasteiger partial charge < -0.3 is 14.8 Å². The molecule has 0 aliphatic carbocycles. The van der Waals surface area contributed by atoms with Gasteiger partial charge >= 0.3 is 0 Å². The molecular formula is C27H23IN2O5S. The molecule has 1 N–H and O–H groups in total. The quantitative estimate of drug-likeness (QED) is 0.253. The summed E-state index contributed by atoms with van der Waals surface area (Å²) < 4.78 is 12.3. The van der Waals surface area contributed by atoms with E-state index in [9.17, 15) is 14.4 Å². The minimum Gasteiger partial charge on any atom is -0.493 e. The van der Waals surface area contributed by atoms with Crippen molar-refractivity contribution in [3.8, 4) is 11.5 Å². The number of imide groups is 1. The van der Waals surface area contributed by atoms with Crippen LogP contribution in [0, 0.1) is 10.5 Å². The maximum Gasteiger partial charge on any atom is 0.294 e. The molecule has 4 rings (SSSR count). The molecule has 0 radical (unpaired) electrons. The summed E-state index contributed by atoms with van der Waals surface area (Å²) in [4.78, 5) is 39.0. The Balaban J connectivity index is 1.47. The van der Waals surface area contributed by atoms with Crippen molar-refractivity contribution >= 4 is 63.2 Å². The molecule has 0 unspecified atom stereocenters. The molecule has 3 aromatic carbocycles. The number of methoxy groups -OCH3 is 1. The Morgan fingerprint density at radius 2 is 1.86 bits per heavy atom. The van der Waals surface area contributed by atoms with Crippen LogP contribution in [0.15, 0.2) is 71.6 Å². The Bertz CT molecular complexity index is 1340. The van der Waals surface area contributed by atoms with Gasteiger partial charge in [0.2, 0.25) is 5.91 Å². The monoisotopic (exact) mass is 614 g/mol. The fourth-order valence-corrected chi connectivity index (χ4v) is 5.17. The molecule has 1 aliphatic heterocycles. The Kier molecular flexibility index (Phi) is 8.32. The van der Waals surface area contributed by atoms with Crippen molar-refractivity contribution < 1.29 is 23.9 Å². The number of carbonyl (C=O) groups excluding carboxylic acids is 3. The van der Waals surface area contributed by atoms with Crippen molar-refractivity contribution in [1.82, 2.24) is 4.90 Å². The van der Waals surface area contributed by atoms with Crippen molar-refractivity contribution in [2.24, 2.45) is 0 Å². The first-order valence-electron chi connectivity index (χ1n) is 11.0. The third-order valence-corrected chi connectivity index (χ3v) is 6.96. The van der Waals surface area contributed by atoms with Gasteiger partial charge in [0.05, 0.1) is 15.6 Å². The number of halogens is 1. The van der Waals surface area contributed by atoms with E-state index in [-0.39, 0.29) is 11.4 Å².